The number of aromatic nitrogens is 3. The van der Waals surface area contributed by atoms with E-state index in [2.05, 4.69) is 63.5 Å². The first-order valence-corrected chi connectivity index (χ1v) is 9.19. The van der Waals surface area contributed by atoms with Crippen LogP contribution < -0.4 is 0 Å². The number of aryl methyl sites for hydroxylation is 5. The van der Waals surface area contributed by atoms with Crippen LogP contribution in [0, 0.1) is 27.7 Å². The highest BCUT2D eigenvalue weighted by Crippen LogP contribution is 2.33. The van der Waals surface area contributed by atoms with E-state index >= 15 is 0 Å². The molecule has 128 valence electrons. The van der Waals surface area contributed by atoms with Crippen LogP contribution in [0.2, 0.25) is 0 Å². The van der Waals surface area contributed by atoms with E-state index in [1.165, 1.54) is 39.6 Å². The van der Waals surface area contributed by atoms with E-state index in [0.29, 0.717) is 0 Å². The Morgan fingerprint density at radius 3 is 2.32 bits per heavy atom. The standard InChI is InChI=1S/C22H25N3/c1-6-7-12-25-21-15(4)9-8-14(3)18(21)20-22(25)24-19-16(5)13(2)10-11-17(19)23-20/h8-11H,6-7,12H2,1-5H3. The van der Waals surface area contributed by atoms with Gasteiger partial charge in [0.1, 0.15) is 5.52 Å². The molecule has 0 amide bonds. The molecule has 0 bridgehead atoms. The molecule has 3 heteroatoms. The number of rotatable bonds is 3. The molecule has 0 aliphatic heterocycles. The molecule has 2 heterocycles. The van der Waals surface area contributed by atoms with Gasteiger partial charge in [-0.05, 0) is 62.4 Å². The summed E-state index contributed by atoms with van der Waals surface area (Å²) in [4.78, 5) is 10.2. The lowest BCUT2D eigenvalue weighted by atomic mass is 10.1. The number of fused-ring (bicyclic) bond motifs is 4. The molecule has 2 aromatic heterocycles. The van der Waals surface area contributed by atoms with E-state index in [1.807, 2.05) is 0 Å². The zero-order valence-electron chi connectivity index (χ0n) is 15.8. The fourth-order valence-corrected chi connectivity index (χ4v) is 3.79. The lowest BCUT2D eigenvalue weighted by Gasteiger charge is -2.09. The van der Waals surface area contributed by atoms with Crippen LogP contribution in [0.5, 0.6) is 0 Å². The summed E-state index contributed by atoms with van der Waals surface area (Å²) < 4.78 is 2.39. The normalized spacial score (nSPS) is 11.9. The van der Waals surface area contributed by atoms with Crippen molar-refractivity contribution in [3.8, 4) is 0 Å². The smallest absolute Gasteiger partial charge is 0.160 e. The SMILES string of the molecule is CCCCn1c2nc3c(C)c(C)ccc3nc2c2c(C)ccc(C)c21. The predicted octanol–water partition coefficient (Wildman–Crippen LogP) is 5.77. The minimum absolute atomic E-state index is 0.992. The molecule has 0 aliphatic carbocycles. The van der Waals surface area contributed by atoms with E-state index in [-0.39, 0.29) is 0 Å². The van der Waals surface area contributed by atoms with Crippen LogP contribution in [-0.2, 0) is 6.54 Å². The quantitative estimate of drug-likeness (QED) is 0.477. The third-order valence-corrected chi connectivity index (χ3v) is 5.43. The number of hydrogen-bond acceptors (Lipinski definition) is 2. The summed E-state index contributed by atoms with van der Waals surface area (Å²) in [7, 11) is 0. The van der Waals surface area contributed by atoms with Gasteiger partial charge in [0.25, 0.3) is 0 Å². The molecule has 4 rings (SSSR count). The maximum Gasteiger partial charge on any atom is 0.160 e. The van der Waals surface area contributed by atoms with Gasteiger partial charge < -0.3 is 4.57 Å². The molecule has 0 fully saturated rings. The van der Waals surface area contributed by atoms with Crippen LogP contribution in [0.3, 0.4) is 0 Å². The van der Waals surface area contributed by atoms with Crippen LogP contribution >= 0.6 is 0 Å². The number of hydrogen-bond donors (Lipinski definition) is 0. The number of unbranched alkanes of at least 4 members (excludes halogenated alkanes) is 1. The molecule has 25 heavy (non-hydrogen) atoms. The summed E-state index contributed by atoms with van der Waals surface area (Å²) in [6, 6.07) is 8.67. The second-order valence-corrected chi connectivity index (χ2v) is 7.20. The maximum atomic E-state index is 5.11. The highest BCUT2D eigenvalue weighted by molar-refractivity contribution is 6.09. The van der Waals surface area contributed by atoms with Crippen molar-refractivity contribution in [3.05, 3.63) is 46.5 Å². The van der Waals surface area contributed by atoms with Crippen LogP contribution in [0.25, 0.3) is 33.1 Å². The lowest BCUT2D eigenvalue weighted by Crippen LogP contribution is -2.01. The Hall–Kier alpha value is -2.42. The van der Waals surface area contributed by atoms with Crippen LogP contribution in [-0.4, -0.2) is 14.5 Å². The summed E-state index contributed by atoms with van der Waals surface area (Å²) in [6.07, 6.45) is 2.32. The third kappa shape index (κ3) is 2.33. The van der Waals surface area contributed by atoms with Gasteiger partial charge >= 0.3 is 0 Å². The van der Waals surface area contributed by atoms with Gasteiger partial charge in [0.2, 0.25) is 0 Å². The lowest BCUT2D eigenvalue weighted by molar-refractivity contribution is 0.660. The van der Waals surface area contributed by atoms with Crippen molar-refractivity contribution in [2.75, 3.05) is 0 Å². The Morgan fingerprint density at radius 2 is 1.56 bits per heavy atom. The van der Waals surface area contributed by atoms with Gasteiger partial charge in [-0.1, -0.05) is 31.5 Å². The van der Waals surface area contributed by atoms with Crippen molar-refractivity contribution in [1.29, 1.82) is 0 Å². The zero-order valence-corrected chi connectivity index (χ0v) is 15.8. The summed E-state index contributed by atoms with van der Waals surface area (Å²) in [5.74, 6) is 0. The maximum absolute atomic E-state index is 5.11. The van der Waals surface area contributed by atoms with Crippen LogP contribution in [0.4, 0.5) is 0 Å². The highest BCUT2D eigenvalue weighted by Gasteiger charge is 2.18. The molecule has 0 unspecified atom stereocenters. The molecule has 0 saturated heterocycles. The first-order chi connectivity index (χ1) is 12.0. The molecule has 3 nitrogen and oxygen atoms in total. The summed E-state index contributed by atoms with van der Waals surface area (Å²) in [6.45, 7) is 11.9. The van der Waals surface area contributed by atoms with Crippen molar-refractivity contribution in [3.63, 3.8) is 0 Å². The predicted molar refractivity (Wildman–Crippen MR) is 106 cm³/mol. The Labute approximate surface area is 148 Å². The first kappa shape index (κ1) is 16.1. The second-order valence-electron chi connectivity index (χ2n) is 7.20. The first-order valence-electron chi connectivity index (χ1n) is 9.19. The largest absolute Gasteiger partial charge is 0.324 e. The second kappa shape index (κ2) is 5.83. The average molecular weight is 331 g/mol. The van der Waals surface area contributed by atoms with Crippen molar-refractivity contribution < 1.29 is 0 Å². The molecule has 0 spiro atoms. The van der Waals surface area contributed by atoms with Gasteiger partial charge in [-0.2, -0.15) is 0 Å². The van der Waals surface area contributed by atoms with Crippen LogP contribution in [0.1, 0.15) is 42.0 Å². The molecule has 2 aromatic carbocycles. The molecule has 0 atom stereocenters. The molecule has 0 radical (unpaired) electrons. The molecule has 4 aromatic rings. The van der Waals surface area contributed by atoms with E-state index in [4.69, 9.17) is 9.97 Å². The van der Waals surface area contributed by atoms with E-state index < -0.39 is 0 Å². The Balaban J connectivity index is 2.21. The van der Waals surface area contributed by atoms with E-state index in [0.717, 1.165) is 35.2 Å². The molecular weight excluding hydrogens is 306 g/mol. The summed E-state index contributed by atoms with van der Waals surface area (Å²) in [5.41, 5.74) is 10.5. The molecule has 0 N–H and O–H groups in total. The fraction of sp³-hybridized carbons (Fsp3) is 0.364. The van der Waals surface area contributed by atoms with Gasteiger partial charge in [-0.25, -0.2) is 9.97 Å². The fourth-order valence-electron chi connectivity index (χ4n) is 3.79. The van der Waals surface area contributed by atoms with Gasteiger partial charge in [-0.3, -0.25) is 0 Å². The topological polar surface area (TPSA) is 30.7 Å². The van der Waals surface area contributed by atoms with Crippen LogP contribution in [0.15, 0.2) is 24.3 Å². The molecular formula is C22H25N3. The number of nitrogens with zero attached hydrogens (tertiary/aromatic N) is 3. The Morgan fingerprint density at radius 1 is 0.840 bits per heavy atom. The van der Waals surface area contributed by atoms with Crippen molar-refractivity contribution in [2.45, 2.75) is 54.0 Å². The average Bonchev–Trinajstić information content (AvgIpc) is 2.93. The van der Waals surface area contributed by atoms with E-state index in [1.54, 1.807) is 0 Å². The minimum atomic E-state index is 0.992. The Bertz CT molecular complexity index is 1120. The van der Waals surface area contributed by atoms with Gasteiger partial charge in [0, 0.05) is 11.9 Å². The Kier molecular flexibility index (Phi) is 3.75. The van der Waals surface area contributed by atoms with Crippen molar-refractivity contribution >= 4 is 33.1 Å². The van der Waals surface area contributed by atoms with Crippen molar-refractivity contribution in [2.24, 2.45) is 0 Å². The van der Waals surface area contributed by atoms with Gasteiger partial charge in [0.05, 0.1) is 16.6 Å². The summed E-state index contributed by atoms with van der Waals surface area (Å²) >= 11 is 0. The van der Waals surface area contributed by atoms with Crippen molar-refractivity contribution in [1.82, 2.24) is 14.5 Å². The molecule has 0 aliphatic rings. The van der Waals surface area contributed by atoms with Gasteiger partial charge in [0.15, 0.2) is 5.65 Å². The highest BCUT2D eigenvalue weighted by atomic mass is 15.1. The minimum Gasteiger partial charge on any atom is -0.324 e. The number of benzene rings is 2. The summed E-state index contributed by atoms with van der Waals surface area (Å²) in [5, 5.41) is 1.26. The molecule has 0 saturated carbocycles. The van der Waals surface area contributed by atoms with E-state index in [9.17, 15) is 0 Å². The third-order valence-electron chi connectivity index (χ3n) is 5.43. The monoisotopic (exact) mass is 331 g/mol. The van der Waals surface area contributed by atoms with Gasteiger partial charge in [-0.15, -0.1) is 0 Å². The zero-order chi connectivity index (χ0) is 17.7.